The largest absolute Gasteiger partial charge is 0.366 e. The van der Waals surface area contributed by atoms with Gasteiger partial charge in [0.05, 0.1) is 12.0 Å². The van der Waals surface area contributed by atoms with Crippen LogP contribution in [-0.2, 0) is 11.3 Å². The highest BCUT2D eigenvalue weighted by Crippen LogP contribution is 2.38. The smallest absolute Gasteiger partial charge is 0.248 e. The van der Waals surface area contributed by atoms with E-state index in [9.17, 15) is 9.59 Å². The Hall–Kier alpha value is -1.84. The molecular weight excluding hydrogens is 469 g/mol. The van der Waals surface area contributed by atoms with Crippen molar-refractivity contribution in [2.24, 2.45) is 16.1 Å². The van der Waals surface area contributed by atoms with E-state index in [1.807, 2.05) is 33.2 Å². The maximum atomic E-state index is 12.7. The number of primary amides is 1. The number of hydrogen-bond acceptors (Lipinski definition) is 3. The Balaban J connectivity index is 0.00000392. The minimum Gasteiger partial charge on any atom is -0.366 e. The normalized spacial score (nSPS) is 15.5. The second-order valence-electron chi connectivity index (χ2n) is 7.30. The average molecular weight is 501 g/mol. The molecule has 2 rings (SSSR count). The maximum Gasteiger partial charge on any atom is 0.248 e. The molecule has 0 bridgehead atoms. The molecule has 0 radical (unpaired) electrons. The molecule has 1 aromatic carbocycles. The zero-order chi connectivity index (χ0) is 19.9. The van der Waals surface area contributed by atoms with Gasteiger partial charge in [-0.25, -0.2) is 4.99 Å². The topological polar surface area (TPSA) is 99.8 Å². The zero-order valence-electron chi connectivity index (χ0n) is 17.0. The lowest BCUT2D eigenvalue weighted by Crippen LogP contribution is -2.49. The summed E-state index contributed by atoms with van der Waals surface area (Å²) in [6, 6.07) is 7.11. The number of halogens is 1. The molecule has 0 spiro atoms. The second-order valence-corrected chi connectivity index (χ2v) is 7.30. The van der Waals surface area contributed by atoms with Crippen molar-refractivity contribution in [3.63, 3.8) is 0 Å². The van der Waals surface area contributed by atoms with Crippen molar-refractivity contribution < 1.29 is 9.59 Å². The van der Waals surface area contributed by atoms with Gasteiger partial charge in [0.1, 0.15) is 0 Å². The first-order valence-electron chi connectivity index (χ1n) is 9.50. The van der Waals surface area contributed by atoms with E-state index < -0.39 is 5.91 Å². The highest BCUT2D eigenvalue weighted by atomic mass is 127. The van der Waals surface area contributed by atoms with Gasteiger partial charge in [-0.1, -0.05) is 25.0 Å². The number of carbonyl (C=O) groups is 2. The molecule has 0 heterocycles. The van der Waals surface area contributed by atoms with Gasteiger partial charge in [-0.2, -0.15) is 0 Å². The lowest BCUT2D eigenvalue weighted by atomic mass is 9.84. The van der Waals surface area contributed by atoms with Crippen molar-refractivity contribution in [3.8, 4) is 0 Å². The van der Waals surface area contributed by atoms with Gasteiger partial charge in [-0.15, -0.1) is 24.0 Å². The molecule has 1 aromatic rings. The van der Waals surface area contributed by atoms with E-state index in [1.165, 1.54) is 0 Å². The summed E-state index contributed by atoms with van der Waals surface area (Å²) in [5.74, 6) is 0.437. The molecule has 7 nitrogen and oxygen atoms in total. The minimum absolute atomic E-state index is 0. The van der Waals surface area contributed by atoms with Crippen LogP contribution in [0.5, 0.6) is 0 Å². The fourth-order valence-corrected chi connectivity index (χ4v) is 3.53. The molecule has 4 N–H and O–H groups in total. The van der Waals surface area contributed by atoms with E-state index in [4.69, 9.17) is 5.73 Å². The third-order valence-electron chi connectivity index (χ3n) is 5.02. The monoisotopic (exact) mass is 501 g/mol. The fourth-order valence-electron chi connectivity index (χ4n) is 3.53. The molecule has 0 atom stereocenters. The lowest BCUT2D eigenvalue weighted by Gasteiger charge is -2.31. The maximum absolute atomic E-state index is 12.7. The van der Waals surface area contributed by atoms with Crippen molar-refractivity contribution in [1.29, 1.82) is 0 Å². The van der Waals surface area contributed by atoms with Crippen LogP contribution in [0.4, 0.5) is 0 Å². The molecule has 0 aliphatic heterocycles. The van der Waals surface area contributed by atoms with Crippen molar-refractivity contribution in [2.45, 2.75) is 39.2 Å². The standard InChI is InChI=1S/C20H31N5O2.HI/c1-4-22-19(23-13-15-7-9-16(10-8-15)17(21)26)24-14-20(11-5-6-12-20)18(27)25(2)3;/h7-10H,4-6,11-14H2,1-3H3,(H2,21,26)(H2,22,23,24);1H. The summed E-state index contributed by atoms with van der Waals surface area (Å²) >= 11 is 0. The van der Waals surface area contributed by atoms with Gasteiger partial charge < -0.3 is 21.3 Å². The van der Waals surface area contributed by atoms with Crippen molar-refractivity contribution in [3.05, 3.63) is 35.4 Å². The highest BCUT2D eigenvalue weighted by Gasteiger charge is 2.42. The van der Waals surface area contributed by atoms with E-state index in [1.54, 1.807) is 17.0 Å². The Morgan fingerprint density at radius 1 is 1.14 bits per heavy atom. The fraction of sp³-hybridized carbons (Fsp3) is 0.550. The summed E-state index contributed by atoms with van der Waals surface area (Å²) in [4.78, 5) is 30.1. The van der Waals surface area contributed by atoms with Crippen LogP contribution >= 0.6 is 24.0 Å². The Morgan fingerprint density at radius 2 is 1.75 bits per heavy atom. The van der Waals surface area contributed by atoms with E-state index in [0.29, 0.717) is 24.6 Å². The van der Waals surface area contributed by atoms with Crippen LogP contribution in [0.2, 0.25) is 0 Å². The summed E-state index contributed by atoms with van der Waals surface area (Å²) in [7, 11) is 3.63. The number of nitrogens with zero attached hydrogens (tertiary/aromatic N) is 2. The molecule has 1 aliphatic rings. The van der Waals surface area contributed by atoms with E-state index in [2.05, 4.69) is 15.6 Å². The molecule has 1 aliphatic carbocycles. The van der Waals surface area contributed by atoms with Crippen molar-refractivity contribution in [2.75, 3.05) is 27.2 Å². The second kappa shape index (κ2) is 11.2. The van der Waals surface area contributed by atoms with Crippen LogP contribution in [-0.4, -0.2) is 49.9 Å². The number of guanidine groups is 1. The SMILES string of the molecule is CCNC(=NCc1ccc(C(N)=O)cc1)NCC1(C(=O)N(C)C)CCCC1.I. The van der Waals surface area contributed by atoms with Crippen LogP contribution in [0.15, 0.2) is 29.3 Å². The summed E-state index contributed by atoms with van der Waals surface area (Å²) in [6.45, 7) is 3.80. The van der Waals surface area contributed by atoms with Gasteiger partial charge in [0.15, 0.2) is 5.96 Å². The number of amides is 2. The van der Waals surface area contributed by atoms with Gasteiger partial charge >= 0.3 is 0 Å². The number of nitrogens with two attached hydrogens (primary N) is 1. The zero-order valence-corrected chi connectivity index (χ0v) is 19.3. The molecule has 1 fully saturated rings. The van der Waals surface area contributed by atoms with E-state index in [-0.39, 0.29) is 35.3 Å². The quantitative estimate of drug-likeness (QED) is 0.303. The Labute approximate surface area is 184 Å². The lowest BCUT2D eigenvalue weighted by molar-refractivity contribution is -0.138. The molecule has 2 amide bonds. The predicted molar refractivity (Wildman–Crippen MR) is 123 cm³/mol. The van der Waals surface area contributed by atoms with Gasteiger partial charge in [0, 0.05) is 32.7 Å². The number of carbonyl (C=O) groups excluding carboxylic acids is 2. The number of hydrogen-bond donors (Lipinski definition) is 3. The minimum atomic E-state index is -0.438. The van der Waals surface area contributed by atoms with Crippen LogP contribution < -0.4 is 16.4 Å². The number of rotatable bonds is 7. The van der Waals surface area contributed by atoms with Gasteiger partial charge in [0.2, 0.25) is 11.8 Å². The van der Waals surface area contributed by atoms with Crippen LogP contribution in [0.3, 0.4) is 0 Å². The number of nitrogens with one attached hydrogen (secondary N) is 2. The van der Waals surface area contributed by atoms with E-state index >= 15 is 0 Å². The van der Waals surface area contributed by atoms with Gasteiger partial charge in [-0.05, 0) is 37.5 Å². The molecular formula is C20H32IN5O2. The van der Waals surface area contributed by atoms with Gasteiger partial charge in [-0.3, -0.25) is 9.59 Å². The van der Waals surface area contributed by atoms with Crippen molar-refractivity contribution >= 4 is 41.8 Å². The molecule has 28 heavy (non-hydrogen) atoms. The van der Waals surface area contributed by atoms with Gasteiger partial charge in [0.25, 0.3) is 0 Å². The summed E-state index contributed by atoms with van der Waals surface area (Å²) in [5, 5.41) is 6.59. The Bertz CT molecular complexity index is 682. The molecule has 156 valence electrons. The molecule has 0 aromatic heterocycles. The predicted octanol–water partition coefficient (Wildman–Crippen LogP) is 2.11. The molecule has 1 saturated carbocycles. The number of benzene rings is 1. The summed E-state index contributed by atoms with van der Waals surface area (Å²) in [6.07, 6.45) is 3.98. The number of aliphatic imine (C=N–C) groups is 1. The molecule has 0 saturated heterocycles. The third kappa shape index (κ3) is 6.35. The van der Waals surface area contributed by atoms with E-state index in [0.717, 1.165) is 37.8 Å². The third-order valence-corrected chi connectivity index (χ3v) is 5.02. The molecule has 0 unspecified atom stereocenters. The first kappa shape index (κ1) is 24.2. The Morgan fingerprint density at radius 3 is 2.25 bits per heavy atom. The summed E-state index contributed by atoms with van der Waals surface area (Å²) in [5.41, 5.74) is 6.39. The summed E-state index contributed by atoms with van der Waals surface area (Å²) < 4.78 is 0. The van der Waals surface area contributed by atoms with Crippen LogP contribution in [0.25, 0.3) is 0 Å². The first-order valence-corrected chi connectivity index (χ1v) is 9.50. The molecule has 8 heteroatoms. The first-order chi connectivity index (χ1) is 12.9. The highest BCUT2D eigenvalue weighted by molar-refractivity contribution is 14.0. The van der Waals surface area contributed by atoms with Crippen LogP contribution in [0, 0.1) is 5.41 Å². The van der Waals surface area contributed by atoms with Crippen molar-refractivity contribution in [1.82, 2.24) is 15.5 Å². The Kier molecular flexibility index (Phi) is 9.71. The van der Waals surface area contributed by atoms with Crippen LogP contribution in [0.1, 0.15) is 48.5 Å². The average Bonchev–Trinajstić information content (AvgIpc) is 3.13.